The number of halogens is 1. The number of hydrogen-bond acceptors (Lipinski definition) is 8. The van der Waals surface area contributed by atoms with Crippen LogP contribution in [0, 0.1) is 10.5 Å². The first-order valence-corrected chi connectivity index (χ1v) is 16.7. The zero-order chi connectivity index (χ0) is 33.1. The molecule has 0 unspecified atom stereocenters. The highest BCUT2D eigenvalue weighted by Gasteiger charge is 2.20. The van der Waals surface area contributed by atoms with E-state index >= 15 is 0 Å². The van der Waals surface area contributed by atoms with Crippen molar-refractivity contribution in [3.05, 3.63) is 103 Å². The molecule has 2 heterocycles. The summed E-state index contributed by atoms with van der Waals surface area (Å²) in [5, 5.41) is 5.22. The fraction of sp³-hybridized carbons (Fsp3) is 0.270. The highest BCUT2D eigenvalue weighted by Crippen LogP contribution is 2.37. The SMILES string of the molecule is CCOc1cc(C)c(-c2nc3ccccc3c(=O)n2N=Cc2cc(I)c(OCc3ccc4c(c3)OCO4)c(OCC)c2)cc1C(C)C. The van der Waals surface area contributed by atoms with Crippen molar-refractivity contribution in [1.82, 2.24) is 9.66 Å². The molecule has 1 aromatic heterocycles. The van der Waals surface area contributed by atoms with Gasteiger partial charge in [0.2, 0.25) is 6.79 Å². The average molecular weight is 746 g/mol. The molecule has 0 atom stereocenters. The van der Waals surface area contributed by atoms with Gasteiger partial charge < -0.3 is 23.7 Å². The number of aromatic nitrogens is 2. The van der Waals surface area contributed by atoms with Crippen molar-refractivity contribution in [1.29, 1.82) is 0 Å². The van der Waals surface area contributed by atoms with Gasteiger partial charge in [0.05, 0.1) is 33.9 Å². The van der Waals surface area contributed by atoms with E-state index in [-0.39, 0.29) is 18.3 Å². The van der Waals surface area contributed by atoms with Gasteiger partial charge in [0, 0.05) is 5.56 Å². The van der Waals surface area contributed by atoms with Gasteiger partial charge in [-0.15, -0.1) is 0 Å². The van der Waals surface area contributed by atoms with Gasteiger partial charge in [-0.2, -0.15) is 9.78 Å². The van der Waals surface area contributed by atoms with Crippen molar-refractivity contribution < 1.29 is 23.7 Å². The topological polar surface area (TPSA) is 93.4 Å². The highest BCUT2D eigenvalue weighted by molar-refractivity contribution is 14.1. The van der Waals surface area contributed by atoms with E-state index in [9.17, 15) is 4.79 Å². The molecule has 0 saturated heterocycles. The molecule has 1 aliphatic rings. The van der Waals surface area contributed by atoms with E-state index in [2.05, 4.69) is 42.5 Å². The summed E-state index contributed by atoms with van der Waals surface area (Å²) in [6, 6.07) is 21.0. The van der Waals surface area contributed by atoms with Gasteiger partial charge in [-0.1, -0.05) is 32.0 Å². The molecule has 0 aliphatic carbocycles. The lowest BCUT2D eigenvalue weighted by Gasteiger charge is -2.18. The van der Waals surface area contributed by atoms with Crippen LogP contribution >= 0.6 is 22.6 Å². The third-order valence-corrected chi connectivity index (χ3v) is 8.55. The number of rotatable bonds is 11. The predicted octanol–water partition coefficient (Wildman–Crippen LogP) is 8.09. The quantitative estimate of drug-likeness (QED) is 0.0997. The van der Waals surface area contributed by atoms with Crippen molar-refractivity contribution in [2.45, 2.75) is 47.1 Å². The normalized spacial score (nSPS) is 12.3. The van der Waals surface area contributed by atoms with Crippen molar-refractivity contribution in [2.24, 2.45) is 5.10 Å². The lowest BCUT2D eigenvalue weighted by molar-refractivity contribution is 0.174. The van der Waals surface area contributed by atoms with Crippen LogP contribution in [0.15, 0.2) is 76.6 Å². The van der Waals surface area contributed by atoms with Gasteiger partial charge in [-0.25, -0.2) is 4.98 Å². The minimum absolute atomic E-state index is 0.199. The number of nitrogens with zero attached hydrogens (tertiary/aromatic N) is 3. The Morgan fingerprint density at radius 1 is 0.957 bits per heavy atom. The first-order valence-electron chi connectivity index (χ1n) is 15.6. The van der Waals surface area contributed by atoms with Crippen LogP contribution in [0.2, 0.25) is 0 Å². The Morgan fingerprint density at radius 3 is 2.51 bits per heavy atom. The molecule has 0 bridgehead atoms. The zero-order valence-electron chi connectivity index (χ0n) is 27.0. The van der Waals surface area contributed by atoms with Crippen LogP contribution in [-0.2, 0) is 6.61 Å². The number of benzene rings is 4. The molecule has 6 rings (SSSR count). The maximum absolute atomic E-state index is 13.9. The Morgan fingerprint density at radius 2 is 1.72 bits per heavy atom. The standard InChI is InChI=1S/C37H36IN3O6/c1-6-43-32-14-23(5)28(18-27(32)22(3)4)36-40-30-11-9-8-10-26(30)37(42)41(36)39-19-25-15-29(38)35(34(17-25)44-7-2)45-20-24-12-13-31-33(16-24)47-21-46-31/h8-19,22H,6-7,20-21H2,1-5H3. The van der Waals surface area contributed by atoms with E-state index in [0.717, 1.165) is 42.9 Å². The summed E-state index contributed by atoms with van der Waals surface area (Å²) in [6.07, 6.45) is 1.65. The molecule has 242 valence electrons. The number of fused-ring (bicyclic) bond motifs is 2. The minimum Gasteiger partial charge on any atom is -0.494 e. The first kappa shape index (κ1) is 32.4. The van der Waals surface area contributed by atoms with Crippen LogP contribution in [-0.4, -0.2) is 35.9 Å². The largest absolute Gasteiger partial charge is 0.494 e. The molecule has 0 spiro atoms. The molecule has 0 fully saturated rings. The van der Waals surface area contributed by atoms with Crippen LogP contribution in [0.5, 0.6) is 28.7 Å². The third-order valence-electron chi connectivity index (χ3n) is 7.75. The third kappa shape index (κ3) is 6.78. The molecule has 9 nitrogen and oxygen atoms in total. The molecular formula is C37H36IN3O6. The number of ether oxygens (including phenoxy) is 5. The number of aryl methyl sites for hydroxylation is 1. The van der Waals surface area contributed by atoms with Gasteiger partial charge in [-0.3, -0.25) is 4.79 Å². The van der Waals surface area contributed by atoms with Crippen molar-refractivity contribution in [3.63, 3.8) is 0 Å². The molecule has 0 amide bonds. The lowest BCUT2D eigenvalue weighted by atomic mass is 9.96. The summed E-state index contributed by atoms with van der Waals surface area (Å²) < 4.78 is 31.4. The Hall–Kier alpha value is -4.58. The zero-order valence-corrected chi connectivity index (χ0v) is 29.2. The summed E-state index contributed by atoms with van der Waals surface area (Å²) in [6.45, 7) is 11.7. The Balaban J connectivity index is 1.39. The van der Waals surface area contributed by atoms with Crippen LogP contribution in [0.3, 0.4) is 0 Å². The fourth-order valence-corrected chi connectivity index (χ4v) is 6.23. The van der Waals surface area contributed by atoms with Gasteiger partial charge in [0.25, 0.3) is 5.56 Å². The van der Waals surface area contributed by atoms with Crippen molar-refractivity contribution >= 4 is 39.7 Å². The molecule has 4 aromatic carbocycles. The van der Waals surface area contributed by atoms with Crippen LogP contribution in [0.1, 0.15) is 55.9 Å². The molecular weight excluding hydrogens is 709 g/mol. The molecule has 47 heavy (non-hydrogen) atoms. The lowest BCUT2D eigenvalue weighted by Crippen LogP contribution is -2.21. The fourth-order valence-electron chi connectivity index (χ4n) is 5.45. The van der Waals surface area contributed by atoms with Crippen LogP contribution in [0.25, 0.3) is 22.3 Å². The molecule has 0 saturated carbocycles. The predicted molar refractivity (Wildman–Crippen MR) is 192 cm³/mol. The summed E-state index contributed by atoms with van der Waals surface area (Å²) in [7, 11) is 0. The molecule has 10 heteroatoms. The van der Waals surface area contributed by atoms with Gasteiger partial charge in [0.1, 0.15) is 12.4 Å². The smallest absolute Gasteiger partial charge is 0.282 e. The first-order chi connectivity index (χ1) is 22.8. The van der Waals surface area contributed by atoms with Crippen molar-refractivity contribution in [2.75, 3.05) is 20.0 Å². The van der Waals surface area contributed by atoms with E-state index in [0.29, 0.717) is 53.8 Å². The summed E-state index contributed by atoms with van der Waals surface area (Å²) >= 11 is 2.23. The van der Waals surface area contributed by atoms with Gasteiger partial charge in [-0.05, 0) is 120 Å². The average Bonchev–Trinajstić information content (AvgIpc) is 3.52. The highest BCUT2D eigenvalue weighted by atomic mass is 127. The Bertz CT molecular complexity index is 2040. The van der Waals surface area contributed by atoms with Gasteiger partial charge >= 0.3 is 0 Å². The van der Waals surface area contributed by atoms with E-state index < -0.39 is 0 Å². The van der Waals surface area contributed by atoms with E-state index in [1.165, 1.54) is 4.68 Å². The number of hydrogen-bond donors (Lipinski definition) is 0. The molecule has 5 aromatic rings. The minimum atomic E-state index is -0.260. The second-order valence-electron chi connectivity index (χ2n) is 11.3. The van der Waals surface area contributed by atoms with Gasteiger partial charge in [0.15, 0.2) is 28.8 Å². The summed E-state index contributed by atoms with van der Waals surface area (Å²) in [5.41, 5.74) is 4.82. The summed E-state index contributed by atoms with van der Waals surface area (Å²) in [5.74, 6) is 4.12. The van der Waals surface area contributed by atoms with Crippen LogP contribution in [0.4, 0.5) is 0 Å². The molecule has 0 radical (unpaired) electrons. The second-order valence-corrected chi connectivity index (χ2v) is 12.5. The van der Waals surface area contributed by atoms with E-state index in [1.807, 2.05) is 75.4 Å². The Kier molecular flexibility index (Phi) is 9.67. The molecule has 1 aliphatic heterocycles. The maximum Gasteiger partial charge on any atom is 0.282 e. The Labute approximate surface area is 287 Å². The second kappa shape index (κ2) is 14.0. The van der Waals surface area contributed by atoms with E-state index in [4.69, 9.17) is 33.8 Å². The monoisotopic (exact) mass is 745 g/mol. The van der Waals surface area contributed by atoms with Crippen molar-refractivity contribution in [3.8, 4) is 40.1 Å². The van der Waals surface area contributed by atoms with E-state index in [1.54, 1.807) is 12.3 Å². The molecule has 0 N–H and O–H groups in total. The summed E-state index contributed by atoms with van der Waals surface area (Å²) in [4.78, 5) is 18.9. The number of para-hydroxylation sites is 1. The maximum atomic E-state index is 13.9. The van der Waals surface area contributed by atoms with Crippen LogP contribution < -0.4 is 29.2 Å².